The Morgan fingerprint density at radius 3 is 2.68 bits per heavy atom. The first-order valence-electron chi connectivity index (χ1n) is 7.91. The Balaban J connectivity index is 2.31. The standard InChI is InChI=1S/C17H26N2O3/c1-18(2)11-15-17(22)16(21)10-14(12-20)19(15)9-8-13-6-4-3-5-7-13/h6,10,20,22H,3-5,7-9,11-12H2,1-2H3. The van der Waals surface area contributed by atoms with Gasteiger partial charge in [0, 0.05) is 24.8 Å². The van der Waals surface area contributed by atoms with Crippen molar-refractivity contribution >= 4 is 0 Å². The molecular formula is C17H26N2O3. The molecule has 2 rings (SSSR count). The molecule has 1 aliphatic carbocycles. The van der Waals surface area contributed by atoms with E-state index in [1.54, 1.807) is 0 Å². The van der Waals surface area contributed by atoms with Gasteiger partial charge < -0.3 is 19.7 Å². The lowest BCUT2D eigenvalue weighted by atomic mass is 9.97. The maximum atomic E-state index is 11.9. The van der Waals surface area contributed by atoms with Crippen molar-refractivity contribution in [1.29, 1.82) is 0 Å². The summed E-state index contributed by atoms with van der Waals surface area (Å²) in [6, 6.07) is 1.34. The molecule has 1 aromatic heterocycles. The summed E-state index contributed by atoms with van der Waals surface area (Å²) >= 11 is 0. The van der Waals surface area contributed by atoms with Gasteiger partial charge in [0.05, 0.1) is 12.3 Å². The summed E-state index contributed by atoms with van der Waals surface area (Å²) in [5, 5.41) is 19.7. The van der Waals surface area contributed by atoms with Crippen LogP contribution in [0, 0.1) is 0 Å². The number of nitrogens with zero attached hydrogens (tertiary/aromatic N) is 2. The molecule has 0 aromatic carbocycles. The fraction of sp³-hybridized carbons (Fsp3) is 0.588. The number of aliphatic hydroxyl groups is 1. The molecule has 0 saturated carbocycles. The molecule has 0 atom stereocenters. The first-order chi connectivity index (χ1) is 10.5. The van der Waals surface area contributed by atoms with E-state index in [4.69, 9.17) is 0 Å². The van der Waals surface area contributed by atoms with E-state index < -0.39 is 5.43 Å². The van der Waals surface area contributed by atoms with Crippen LogP contribution in [-0.2, 0) is 19.7 Å². The van der Waals surface area contributed by atoms with E-state index in [-0.39, 0.29) is 12.4 Å². The lowest BCUT2D eigenvalue weighted by molar-refractivity contribution is 0.264. The number of hydrogen-bond donors (Lipinski definition) is 2. The minimum Gasteiger partial charge on any atom is -0.503 e. The van der Waals surface area contributed by atoms with Crippen molar-refractivity contribution in [1.82, 2.24) is 9.47 Å². The van der Waals surface area contributed by atoms with Crippen LogP contribution in [0.5, 0.6) is 5.75 Å². The Kier molecular flexibility index (Phi) is 5.80. The Labute approximate surface area is 131 Å². The molecule has 5 nitrogen and oxygen atoms in total. The Hall–Kier alpha value is -1.59. The molecule has 1 aliphatic rings. The summed E-state index contributed by atoms with van der Waals surface area (Å²) in [6.45, 7) is 0.946. The van der Waals surface area contributed by atoms with E-state index in [0.717, 1.165) is 19.3 Å². The van der Waals surface area contributed by atoms with E-state index in [1.807, 2.05) is 23.6 Å². The molecule has 1 heterocycles. The third-order valence-electron chi connectivity index (χ3n) is 4.15. The van der Waals surface area contributed by atoms with Crippen molar-refractivity contribution in [3.63, 3.8) is 0 Å². The molecule has 0 unspecified atom stereocenters. The van der Waals surface area contributed by atoms with Gasteiger partial charge in [-0.3, -0.25) is 4.79 Å². The van der Waals surface area contributed by atoms with Gasteiger partial charge in [0.1, 0.15) is 0 Å². The molecule has 0 bridgehead atoms. The van der Waals surface area contributed by atoms with Crippen molar-refractivity contribution < 1.29 is 10.2 Å². The highest BCUT2D eigenvalue weighted by Gasteiger charge is 2.16. The average Bonchev–Trinajstić information content (AvgIpc) is 2.51. The van der Waals surface area contributed by atoms with Crippen LogP contribution in [0.25, 0.3) is 0 Å². The monoisotopic (exact) mass is 306 g/mol. The highest BCUT2D eigenvalue weighted by Crippen LogP contribution is 2.23. The second-order valence-corrected chi connectivity index (χ2v) is 6.20. The van der Waals surface area contributed by atoms with Crippen LogP contribution < -0.4 is 5.43 Å². The highest BCUT2D eigenvalue weighted by molar-refractivity contribution is 5.30. The van der Waals surface area contributed by atoms with Crippen molar-refractivity contribution in [2.24, 2.45) is 0 Å². The van der Waals surface area contributed by atoms with Gasteiger partial charge in [0.25, 0.3) is 0 Å². The molecule has 0 fully saturated rings. The largest absolute Gasteiger partial charge is 0.503 e. The van der Waals surface area contributed by atoms with E-state index in [2.05, 4.69) is 6.08 Å². The van der Waals surface area contributed by atoms with Gasteiger partial charge in [-0.1, -0.05) is 11.6 Å². The Bertz CT molecular complexity index is 603. The minimum absolute atomic E-state index is 0.199. The molecule has 122 valence electrons. The molecule has 0 spiro atoms. The van der Waals surface area contributed by atoms with Crippen molar-refractivity contribution in [2.45, 2.75) is 51.8 Å². The topological polar surface area (TPSA) is 65.7 Å². The van der Waals surface area contributed by atoms with E-state index in [9.17, 15) is 15.0 Å². The number of aliphatic hydroxyl groups excluding tert-OH is 1. The Morgan fingerprint density at radius 2 is 2.09 bits per heavy atom. The number of aromatic hydroxyl groups is 1. The van der Waals surface area contributed by atoms with Gasteiger partial charge >= 0.3 is 0 Å². The smallest absolute Gasteiger partial charge is 0.223 e. The van der Waals surface area contributed by atoms with E-state index in [0.29, 0.717) is 24.5 Å². The second-order valence-electron chi connectivity index (χ2n) is 6.20. The maximum absolute atomic E-state index is 11.9. The summed E-state index contributed by atoms with van der Waals surface area (Å²) in [7, 11) is 3.78. The fourth-order valence-electron chi connectivity index (χ4n) is 3.00. The molecule has 1 aromatic rings. The summed E-state index contributed by atoms with van der Waals surface area (Å²) in [6.07, 6.45) is 7.96. The minimum atomic E-state index is -0.422. The molecule has 2 N–H and O–H groups in total. The van der Waals surface area contributed by atoms with Gasteiger partial charge in [0.2, 0.25) is 5.43 Å². The second kappa shape index (κ2) is 7.61. The lowest BCUT2D eigenvalue weighted by Crippen LogP contribution is -2.23. The number of allylic oxidation sites excluding steroid dienone is 2. The molecule has 5 heteroatoms. The third kappa shape index (κ3) is 3.99. The van der Waals surface area contributed by atoms with Crippen molar-refractivity contribution in [3.05, 3.63) is 39.3 Å². The molecule has 22 heavy (non-hydrogen) atoms. The fourth-order valence-corrected chi connectivity index (χ4v) is 3.00. The van der Waals surface area contributed by atoms with E-state index >= 15 is 0 Å². The number of hydrogen-bond acceptors (Lipinski definition) is 4. The molecule has 0 saturated heterocycles. The quantitative estimate of drug-likeness (QED) is 0.789. The third-order valence-corrected chi connectivity index (χ3v) is 4.15. The number of rotatable bonds is 6. The van der Waals surface area contributed by atoms with Crippen LogP contribution in [0.15, 0.2) is 22.5 Å². The van der Waals surface area contributed by atoms with Crippen LogP contribution >= 0.6 is 0 Å². The van der Waals surface area contributed by atoms with Crippen LogP contribution in [0.1, 0.15) is 43.5 Å². The lowest BCUT2D eigenvalue weighted by Gasteiger charge is -2.22. The van der Waals surface area contributed by atoms with Crippen LogP contribution in [0.4, 0.5) is 0 Å². The first-order valence-corrected chi connectivity index (χ1v) is 7.91. The van der Waals surface area contributed by atoms with Gasteiger partial charge in [-0.2, -0.15) is 0 Å². The van der Waals surface area contributed by atoms with Gasteiger partial charge in [0.15, 0.2) is 5.75 Å². The normalized spacial score (nSPS) is 15.2. The van der Waals surface area contributed by atoms with Crippen molar-refractivity contribution in [2.75, 3.05) is 14.1 Å². The van der Waals surface area contributed by atoms with Crippen molar-refractivity contribution in [3.8, 4) is 5.75 Å². The zero-order chi connectivity index (χ0) is 16.1. The number of aromatic nitrogens is 1. The van der Waals surface area contributed by atoms with Gasteiger partial charge in [-0.15, -0.1) is 0 Å². The zero-order valence-corrected chi connectivity index (χ0v) is 13.5. The van der Waals surface area contributed by atoms with Crippen LogP contribution in [-0.4, -0.2) is 33.8 Å². The predicted octanol–water partition coefficient (Wildman–Crippen LogP) is 2.00. The van der Waals surface area contributed by atoms with E-state index in [1.165, 1.54) is 24.5 Å². The average molecular weight is 306 g/mol. The SMILES string of the molecule is CN(C)Cc1c(O)c(=O)cc(CO)n1CCC1=CCCCC1. The summed E-state index contributed by atoms with van der Waals surface area (Å²) in [4.78, 5) is 13.8. The summed E-state index contributed by atoms with van der Waals surface area (Å²) in [5.74, 6) is -0.205. The molecule has 0 radical (unpaired) electrons. The zero-order valence-electron chi connectivity index (χ0n) is 13.5. The molecule has 0 amide bonds. The molecule has 0 aliphatic heterocycles. The molecular weight excluding hydrogens is 280 g/mol. The van der Waals surface area contributed by atoms with Crippen LogP contribution in [0.2, 0.25) is 0 Å². The number of pyridine rings is 1. The van der Waals surface area contributed by atoms with Crippen LogP contribution in [0.3, 0.4) is 0 Å². The predicted molar refractivity (Wildman–Crippen MR) is 86.8 cm³/mol. The highest BCUT2D eigenvalue weighted by atomic mass is 16.3. The first kappa shape index (κ1) is 16.8. The Morgan fingerprint density at radius 1 is 1.32 bits per heavy atom. The van der Waals surface area contributed by atoms with Gasteiger partial charge in [-0.05, 0) is 46.2 Å². The summed E-state index contributed by atoms with van der Waals surface area (Å²) in [5.41, 5.74) is 2.16. The van der Waals surface area contributed by atoms with Gasteiger partial charge in [-0.25, -0.2) is 0 Å². The summed E-state index contributed by atoms with van der Waals surface area (Å²) < 4.78 is 1.90. The maximum Gasteiger partial charge on any atom is 0.223 e.